The molecule has 0 heterocycles. The maximum Gasteiger partial charge on any atom is -0.0380 e. The van der Waals surface area contributed by atoms with Gasteiger partial charge in [-0.05, 0) is 104 Å². The topological polar surface area (TPSA) is 0 Å². The Morgan fingerprint density at radius 3 is 1.84 bits per heavy atom. The second kappa shape index (κ2) is 13.2. The van der Waals surface area contributed by atoms with Crippen LogP contribution in [0, 0.1) is 59.2 Å². The van der Waals surface area contributed by atoms with E-state index in [-0.39, 0.29) is 0 Å². The molecule has 0 saturated heterocycles. The Hall–Kier alpha value is 0. The summed E-state index contributed by atoms with van der Waals surface area (Å²) in [5.41, 5.74) is 0. The van der Waals surface area contributed by atoms with Gasteiger partial charge in [0.15, 0.2) is 0 Å². The Morgan fingerprint density at radius 1 is 0.594 bits per heavy atom. The van der Waals surface area contributed by atoms with E-state index in [1.54, 1.807) is 57.8 Å². The monoisotopic (exact) mass is 444 g/mol. The first-order valence-corrected chi connectivity index (χ1v) is 15.4. The van der Waals surface area contributed by atoms with Crippen LogP contribution in [-0.2, 0) is 0 Å². The molecule has 0 amide bonds. The lowest BCUT2D eigenvalue weighted by atomic mass is 9.72. The molecule has 0 spiro atoms. The lowest BCUT2D eigenvalue weighted by Gasteiger charge is -2.34. The molecule has 0 N–H and O–H groups in total. The van der Waals surface area contributed by atoms with Crippen molar-refractivity contribution in [2.24, 2.45) is 59.2 Å². The fourth-order valence-corrected chi connectivity index (χ4v) is 8.70. The zero-order valence-electron chi connectivity index (χ0n) is 23.1. The molecule has 0 radical (unpaired) electrons. The Kier molecular flexibility index (Phi) is 11.0. The highest BCUT2D eigenvalue weighted by Gasteiger charge is 2.38. The predicted octanol–water partition coefficient (Wildman–Crippen LogP) is 10.6. The fourth-order valence-electron chi connectivity index (χ4n) is 8.70. The first-order chi connectivity index (χ1) is 15.4. The molecule has 0 aliphatic heterocycles. The van der Waals surface area contributed by atoms with Gasteiger partial charge < -0.3 is 0 Å². The third-order valence-electron chi connectivity index (χ3n) is 11.2. The fraction of sp³-hybridized carbons (Fsp3) is 1.00. The van der Waals surface area contributed by atoms with Crippen LogP contribution >= 0.6 is 0 Å². The zero-order chi connectivity index (χ0) is 23.1. The van der Waals surface area contributed by atoms with Crippen molar-refractivity contribution < 1.29 is 0 Å². The molecule has 188 valence electrons. The summed E-state index contributed by atoms with van der Waals surface area (Å²) in [4.78, 5) is 0. The molecular formula is C32H60. The van der Waals surface area contributed by atoms with E-state index in [1.165, 1.54) is 44.9 Å². The summed E-state index contributed by atoms with van der Waals surface area (Å²) in [6.45, 7) is 14.9. The molecule has 3 fully saturated rings. The van der Waals surface area contributed by atoms with Gasteiger partial charge >= 0.3 is 0 Å². The van der Waals surface area contributed by atoms with Crippen LogP contribution in [0.15, 0.2) is 0 Å². The summed E-state index contributed by atoms with van der Waals surface area (Å²) >= 11 is 0. The third kappa shape index (κ3) is 7.25. The number of hydrogen-bond donors (Lipinski definition) is 0. The molecule has 8 unspecified atom stereocenters. The van der Waals surface area contributed by atoms with Crippen molar-refractivity contribution in [1.29, 1.82) is 0 Å². The first kappa shape index (κ1) is 26.6. The smallest absolute Gasteiger partial charge is 0.0380 e. The van der Waals surface area contributed by atoms with E-state index >= 15 is 0 Å². The molecule has 0 aromatic carbocycles. The summed E-state index contributed by atoms with van der Waals surface area (Å²) in [6.07, 6.45) is 24.2. The standard InChI is InChI=1S/C32H60/c1-7-10-24(5)31-21-30(11-8-2)32(22-31)19-27-14-12-26(13-15-27)18-25(6)29-17-16-28(20-29)23(4)9-3/h23-32H,7-22H2,1-6H3. The molecule has 0 aromatic rings. The van der Waals surface area contributed by atoms with Crippen LogP contribution in [0.3, 0.4) is 0 Å². The quantitative estimate of drug-likeness (QED) is 0.281. The molecule has 0 nitrogen and oxygen atoms in total. The largest absolute Gasteiger partial charge is 0.0654 e. The summed E-state index contributed by atoms with van der Waals surface area (Å²) < 4.78 is 0. The average molecular weight is 445 g/mol. The molecule has 0 aromatic heterocycles. The predicted molar refractivity (Wildman–Crippen MR) is 143 cm³/mol. The molecule has 3 aliphatic carbocycles. The molecule has 3 aliphatic rings. The first-order valence-electron chi connectivity index (χ1n) is 15.4. The Labute approximate surface area is 203 Å². The molecule has 8 atom stereocenters. The SMILES string of the molecule is CCCC(C)C1CC(CCC)C(CC2CCC(CC(C)C3CCC(C(C)CC)C3)CC2)C1. The number of rotatable bonds is 12. The number of hydrogen-bond acceptors (Lipinski definition) is 0. The summed E-state index contributed by atoms with van der Waals surface area (Å²) in [5, 5.41) is 0. The van der Waals surface area contributed by atoms with Crippen LogP contribution in [0.4, 0.5) is 0 Å². The van der Waals surface area contributed by atoms with Crippen LogP contribution < -0.4 is 0 Å². The van der Waals surface area contributed by atoms with Crippen LogP contribution in [0.1, 0.15) is 144 Å². The average Bonchev–Trinajstić information content (AvgIpc) is 3.43. The van der Waals surface area contributed by atoms with E-state index in [2.05, 4.69) is 41.5 Å². The van der Waals surface area contributed by atoms with Gasteiger partial charge in [0, 0.05) is 0 Å². The molecular weight excluding hydrogens is 384 g/mol. The summed E-state index contributed by atoms with van der Waals surface area (Å²) in [6, 6.07) is 0. The minimum atomic E-state index is 0.958. The van der Waals surface area contributed by atoms with Crippen LogP contribution in [0.2, 0.25) is 0 Å². The van der Waals surface area contributed by atoms with Crippen molar-refractivity contribution in [2.75, 3.05) is 0 Å². The van der Waals surface area contributed by atoms with Crippen molar-refractivity contribution in [3.63, 3.8) is 0 Å². The maximum atomic E-state index is 2.61. The van der Waals surface area contributed by atoms with Gasteiger partial charge in [-0.2, -0.15) is 0 Å². The Morgan fingerprint density at radius 2 is 1.22 bits per heavy atom. The molecule has 3 saturated carbocycles. The highest BCUT2D eigenvalue weighted by atomic mass is 14.4. The van der Waals surface area contributed by atoms with Gasteiger partial charge in [-0.25, -0.2) is 0 Å². The normalized spacial score (nSPS) is 38.6. The minimum Gasteiger partial charge on any atom is -0.0654 e. The van der Waals surface area contributed by atoms with E-state index in [1.807, 2.05) is 0 Å². The van der Waals surface area contributed by atoms with Crippen molar-refractivity contribution >= 4 is 0 Å². The lowest BCUT2D eigenvalue weighted by Crippen LogP contribution is -2.22. The van der Waals surface area contributed by atoms with Crippen LogP contribution in [-0.4, -0.2) is 0 Å². The van der Waals surface area contributed by atoms with E-state index < -0.39 is 0 Å². The van der Waals surface area contributed by atoms with E-state index in [9.17, 15) is 0 Å². The van der Waals surface area contributed by atoms with Gasteiger partial charge in [-0.1, -0.05) is 99.3 Å². The highest BCUT2D eigenvalue weighted by Crippen LogP contribution is 2.49. The van der Waals surface area contributed by atoms with Crippen LogP contribution in [0.5, 0.6) is 0 Å². The lowest BCUT2D eigenvalue weighted by molar-refractivity contribution is 0.179. The second-order valence-electron chi connectivity index (χ2n) is 13.4. The maximum absolute atomic E-state index is 2.61. The van der Waals surface area contributed by atoms with E-state index in [0.717, 1.165) is 59.2 Å². The molecule has 32 heavy (non-hydrogen) atoms. The van der Waals surface area contributed by atoms with Gasteiger partial charge in [0.1, 0.15) is 0 Å². The van der Waals surface area contributed by atoms with Crippen molar-refractivity contribution in [3.05, 3.63) is 0 Å². The van der Waals surface area contributed by atoms with Gasteiger partial charge in [0.25, 0.3) is 0 Å². The second-order valence-corrected chi connectivity index (χ2v) is 13.4. The van der Waals surface area contributed by atoms with E-state index in [0.29, 0.717) is 0 Å². The van der Waals surface area contributed by atoms with Gasteiger partial charge in [-0.15, -0.1) is 0 Å². The summed E-state index contributed by atoms with van der Waals surface area (Å²) in [7, 11) is 0. The molecule has 0 heteroatoms. The van der Waals surface area contributed by atoms with Gasteiger partial charge in [0.05, 0.1) is 0 Å². The van der Waals surface area contributed by atoms with Crippen molar-refractivity contribution in [2.45, 2.75) is 144 Å². The van der Waals surface area contributed by atoms with Crippen molar-refractivity contribution in [3.8, 4) is 0 Å². The molecule has 0 bridgehead atoms. The molecule has 3 rings (SSSR count). The third-order valence-corrected chi connectivity index (χ3v) is 11.2. The van der Waals surface area contributed by atoms with E-state index in [4.69, 9.17) is 0 Å². The Bertz CT molecular complexity index is 500. The zero-order valence-corrected chi connectivity index (χ0v) is 23.1. The van der Waals surface area contributed by atoms with Gasteiger partial charge in [-0.3, -0.25) is 0 Å². The van der Waals surface area contributed by atoms with Crippen molar-refractivity contribution in [1.82, 2.24) is 0 Å². The minimum absolute atomic E-state index is 0.958. The highest BCUT2D eigenvalue weighted by molar-refractivity contribution is 4.88. The van der Waals surface area contributed by atoms with Gasteiger partial charge in [0.2, 0.25) is 0 Å². The van der Waals surface area contributed by atoms with Crippen LogP contribution in [0.25, 0.3) is 0 Å². The summed E-state index contributed by atoms with van der Waals surface area (Å²) in [5.74, 6) is 10.3. The Balaban J connectivity index is 1.40.